The molecule has 0 spiro atoms. The van der Waals surface area contributed by atoms with Crippen molar-refractivity contribution in [3.8, 4) is 5.88 Å². The van der Waals surface area contributed by atoms with E-state index in [0.717, 1.165) is 11.6 Å². The molecule has 0 saturated carbocycles. The average Bonchev–Trinajstić information content (AvgIpc) is 2.49. The molecule has 0 bridgehead atoms. The first-order chi connectivity index (χ1) is 12.1. The highest BCUT2D eigenvalue weighted by Gasteiger charge is 2.38. The second-order valence-electron chi connectivity index (χ2n) is 6.16. The molecule has 26 heavy (non-hydrogen) atoms. The first-order valence-corrected chi connectivity index (χ1v) is 9.49. The first-order valence-electron chi connectivity index (χ1n) is 7.88. The van der Waals surface area contributed by atoms with Crippen molar-refractivity contribution in [2.75, 3.05) is 13.1 Å². The van der Waals surface area contributed by atoms with Crippen molar-refractivity contribution >= 4 is 10.0 Å². The van der Waals surface area contributed by atoms with Crippen LogP contribution in [0.1, 0.15) is 16.8 Å². The lowest BCUT2D eigenvalue weighted by Crippen LogP contribution is -2.56. The van der Waals surface area contributed by atoms with Gasteiger partial charge in [0.05, 0.1) is 18.8 Å². The molecule has 2 aromatic rings. The van der Waals surface area contributed by atoms with Crippen molar-refractivity contribution in [1.82, 2.24) is 9.29 Å². The maximum absolute atomic E-state index is 12.6. The number of sulfonamides is 1. The molecule has 140 valence electrons. The number of alkyl halides is 3. The second-order valence-corrected chi connectivity index (χ2v) is 8.13. The number of ether oxygens (including phenoxy) is 1. The first kappa shape index (κ1) is 18.7. The van der Waals surface area contributed by atoms with Crippen molar-refractivity contribution < 1.29 is 26.3 Å². The molecule has 0 radical (unpaired) electrons. The molecule has 1 aliphatic rings. The Morgan fingerprint density at radius 1 is 1.19 bits per heavy atom. The van der Waals surface area contributed by atoms with E-state index in [1.54, 1.807) is 18.2 Å². The van der Waals surface area contributed by atoms with Gasteiger partial charge in [-0.25, -0.2) is 13.4 Å². The monoisotopic (exact) mass is 386 g/mol. The molecule has 1 saturated heterocycles. The van der Waals surface area contributed by atoms with Gasteiger partial charge in [-0.05, 0) is 18.6 Å². The van der Waals surface area contributed by atoms with E-state index in [0.29, 0.717) is 5.56 Å². The summed E-state index contributed by atoms with van der Waals surface area (Å²) in [6.07, 6.45) is -5.07. The van der Waals surface area contributed by atoms with Gasteiger partial charge in [0, 0.05) is 6.07 Å². The Kier molecular flexibility index (Phi) is 4.94. The van der Waals surface area contributed by atoms with Gasteiger partial charge in [0.1, 0.15) is 11.8 Å². The molecule has 0 atom stereocenters. The molecule has 1 aliphatic heterocycles. The van der Waals surface area contributed by atoms with E-state index in [1.165, 1.54) is 16.4 Å². The number of rotatable bonds is 5. The van der Waals surface area contributed by atoms with Gasteiger partial charge in [-0.3, -0.25) is 0 Å². The van der Waals surface area contributed by atoms with Gasteiger partial charge in [0.15, 0.2) is 0 Å². The van der Waals surface area contributed by atoms with Crippen LogP contribution < -0.4 is 4.74 Å². The Hall–Kier alpha value is -2.13. The Labute approximate surface area is 149 Å². The predicted octanol–water partition coefficient (Wildman–Crippen LogP) is 3.00. The van der Waals surface area contributed by atoms with E-state index in [-0.39, 0.29) is 24.7 Å². The Bertz CT molecular complexity index is 894. The van der Waals surface area contributed by atoms with Crippen LogP contribution in [0.5, 0.6) is 5.88 Å². The zero-order valence-corrected chi connectivity index (χ0v) is 14.7. The summed E-state index contributed by atoms with van der Waals surface area (Å²) in [5, 5.41) is 0. The van der Waals surface area contributed by atoms with Crippen LogP contribution in [-0.4, -0.2) is 36.9 Å². The van der Waals surface area contributed by atoms with Gasteiger partial charge in [-0.1, -0.05) is 35.9 Å². The van der Waals surface area contributed by atoms with Crippen molar-refractivity contribution in [1.29, 1.82) is 0 Å². The molecule has 0 N–H and O–H groups in total. The quantitative estimate of drug-likeness (QED) is 0.793. The molecule has 2 heterocycles. The van der Waals surface area contributed by atoms with Crippen LogP contribution in [0, 0.1) is 6.92 Å². The van der Waals surface area contributed by atoms with Crippen molar-refractivity contribution in [2.45, 2.75) is 25.0 Å². The molecule has 1 aromatic carbocycles. The molecule has 0 aliphatic carbocycles. The molecular weight excluding hydrogens is 369 g/mol. The van der Waals surface area contributed by atoms with Crippen LogP contribution in [0.3, 0.4) is 0 Å². The third-order valence-electron chi connectivity index (χ3n) is 3.94. The van der Waals surface area contributed by atoms with Crippen LogP contribution in [0.4, 0.5) is 13.2 Å². The number of aromatic nitrogens is 1. The normalized spacial score (nSPS) is 16.3. The third-order valence-corrected chi connectivity index (χ3v) is 5.72. The Balaban J connectivity index is 1.58. The number of benzene rings is 1. The molecule has 1 fully saturated rings. The van der Waals surface area contributed by atoms with Crippen LogP contribution in [0.2, 0.25) is 0 Å². The molecular formula is C17H17F3N2O3S. The fraction of sp³-hybridized carbons (Fsp3) is 0.353. The molecule has 5 nitrogen and oxygen atoms in total. The van der Waals surface area contributed by atoms with Crippen LogP contribution in [0.25, 0.3) is 0 Å². The summed E-state index contributed by atoms with van der Waals surface area (Å²) < 4.78 is 69.3. The topological polar surface area (TPSA) is 59.5 Å². The predicted molar refractivity (Wildman–Crippen MR) is 89.0 cm³/mol. The fourth-order valence-corrected chi connectivity index (χ4v) is 4.19. The zero-order chi connectivity index (χ0) is 18.9. The molecule has 9 heteroatoms. The summed E-state index contributed by atoms with van der Waals surface area (Å²) in [4.78, 5) is 3.42. The maximum Gasteiger partial charge on any atom is 0.433 e. The van der Waals surface area contributed by atoms with Gasteiger partial charge in [-0.2, -0.15) is 17.5 Å². The maximum atomic E-state index is 12.6. The lowest BCUT2D eigenvalue weighted by Gasteiger charge is -2.37. The van der Waals surface area contributed by atoms with Crippen molar-refractivity contribution in [2.24, 2.45) is 0 Å². The van der Waals surface area contributed by atoms with Crippen LogP contribution in [-0.2, 0) is 22.0 Å². The number of halogens is 3. The standard InChI is InChI=1S/C17H17F3N2O3S/c1-12-4-2-5-13(8-12)11-26(23,24)22-9-14(10-22)25-16-7-3-6-15(21-16)17(18,19)20/h2-8,14H,9-11H2,1H3. The van der Waals surface area contributed by atoms with Gasteiger partial charge >= 0.3 is 6.18 Å². The average molecular weight is 386 g/mol. The van der Waals surface area contributed by atoms with Crippen molar-refractivity contribution in [3.05, 3.63) is 59.3 Å². The fourth-order valence-electron chi connectivity index (χ4n) is 2.62. The SMILES string of the molecule is Cc1cccc(CS(=O)(=O)N2CC(Oc3cccc(C(F)(F)F)n3)C2)c1. The minimum atomic E-state index is -4.55. The van der Waals surface area contributed by atoms with Gasteiger partial charge in [0.25, 0.3) is 0 Å². The molecule has 0 unspecified atom stereocenters. The highest BCUT2D eigenvalue weighted by molar-refractivity contribution is 7.88. The highest BCUT2D eigenvalue weighted by atomic mass is 32.2. The van der Waals surface area contributed by atoms with E-state index < -0.39 is 28.0 Å². The summed E-state index contributed by atoms with van der Waals surface area (Å²) in [5.41, 5.74) is 0.616. The molecule has 3 rings (SSSR count). The summed E-state index contributed by atoms with van der Waals surface area (Å²) in [6.45, 7) is 2.06. The van der Waals surface area contributed by atoms with E-state index in [9.17, 15) is 21.6 Å². The van der Waals surface area contributed by atoms with E-state index in [2.05, 4.69) is 4.98 Å². The molecule has 0 amide bonds. The summed E-state index contributed by atoms with van der Waals surface area (Å²) in [6, 6.07) is 10.6. The minimum absolute atomic E-state index is 0.0894. The number of hydrogen-bond donors (Lipinski definition) is 0. The Morgan fingerprint density at radius 2 is 1.88 bits per heavy atom. The zero-order valence-electron chi connectivity index (χ0n) is 13.9. The largest absolute Gasteiger partial charge is 0.472 e. The number of aryl methyl sites for hydroxylation is 1. The number of pyridine rings is 1. The summed E-state index contributed by atoms with van der Waals surface area (Å²) >= 11 is 0. The van der Waals surface area contributed by atoms with Gasteiger partial charge < -0.3 is 4.74 Å². The van der Waals surface area contributed by atoms with E-state index in [4.69, 9.17) is 4.74 Å². The minimum Gasteiger partial charge on any atom is -0.472 e. The van der Waals surface area contributed by atoms with E-state index in [1.807, 2.05) is 13.0 Å². The van der Waals surface area contributed by atoms with E-state index >= 15 is 0 Å². The lowest BCUT2D eigenvalue weighted by atomic mass is 10.2. The second kappa shape index (κ2) is 6.88. The lowest BCUT2D eigenvalue weighted by molar-refractivity contribution is -0.141. The number of hydrogen-bond acceptors (Lipinski definition) is 4. The summed E-state index contributed by atoms with van der Waals surface area (Å²) in [5.74, 6) is -0.288. The summed E-state index contributed by atoms with van der Waals surface area (Å²) in [7, 11) is -3.50. The van der Waals surface area contributed by atoms with Crippen molar-refractivity contribution in [3.63, 3.8) is 0 Å². The van der Waals surface area contributed by atoms with Crippen LogP contribution >= 0.6 is 0 Å². The highest BCUT2D eigenvalue weighted by Crippen LogP contribution is 2.29. The van der Waals surface area contributed by atoms with Crippen LogP contribution in [0.15, 0.2) is 42.5 Å². The number of nitrogens with zero attached hydrogens (tertiary/aromatic N) is 2. The smallest absolute Gasteiger partial charge is 0.433 e. The Morgan fingerprint density at radius 3 is 2.54 bits per heavy atom. The van der Waals surface area contributed by atoms with Gasteiger partial charge in [-0.15, -0.1) is 0 Å². The van der Waals surface area contributed by atoms with Gasteiger partial charge in [0.2, 0.25) is 15.9 Å². The third kappa shape index (κ3) is 4.34. The molecule has 1 aromatic heterocycles.